The molecular weight excluding hydrogens is 128 g/mol. The largest absolute Gasteiger partial charge is 0.508 e. The van der Waals surface area contributed by atoms with Gasteiger partial charge in [-0.05, 0) is 18.2 Å². The third kappa shape index (κ3) is 0.301. The number of phenols is 1. The molecule has 1 aromatic carbocycles. The lowest BCUT2D eigenvalue weighted by molar-refractivity contribution is 0.476. The maximum atomic E-state index is 9.03. The summed E-state index contributed by atoms with van der Waals surface area (Å²) in [7, 11) is 0. The van der Waals surface area contributed by atoms with Crippen molar-refractivity contribution in [1.82, 2.24) is 9.78 Å². The zero-order valence-corrected chi connectivity index (χ0v) is 5.07. The quantitative estimate of drug-likeness (QED) is 0.496. The van der Waals surface area contributed by atoms with Gasteiger partial charge in [-0.1, -0.05) is 0 Å². The molecule has 0 aromatic heterocycles. The van der Waals surface area contributed by atoms with E-state index in [4.69, 9.17) is 5.11 Å². The molecule has 1 N–H and O–H groups in total. The number of aromatic hydroxyl groups is 1. The summed E-state index contributed by atoms with van der Waals surface area (Å²) in [6.45, 7) is 0. The maximum Gasteiger partial charge on any atom is 0.184 e. The Kier molecular flexibility index (Phi) is 0.446. The lowest BCUT2D eigenvalue weighted by Crippen LogP contribution is -1.86. The number of rotatable bonds is 0. The Bertz CT molecular complexity index is 430. The number of nitrogens with zero attached hydrogens (tertiary/aromatic N) is 2. The molecular formula is C7H4N2O. The lowest BCUT2D eigenvalue weighted by atomic mass is 10.2. The van der Waals surface area contributed by atoms with Crippen LogP contribution in [-0.2, 0) is 0 Å². The summed E-state index contributed by atoms with van der Waals surface area (Å²) in [5.74, 6) is 1.32. The molecule has 0 unspecified atom stereocenters. The molecule has 0 spiro atoms. The topological polar surface area (TPSA) is 38.1 Å². The zero-order valence-electron chi connectivity index (χ0n) is 5.07. The van der Waals surface area contributed by atoms with Crippen molar-refractivity contribution in [2.45, 2.75) is 0 Å². The SMILES string of the molecule is Oc1ccc2c(c1)c1nn2-1. The molecule has 0 saturated heterocycles. The van der Waals surface area contributed by atoms with E-state index in [1.54, 1.807) is 12.1 Å². The van der Waals surface area contributed by atoms with Crippen LogP contribution in [0.3, 0.4) is 0 Å². The number of fused-ring (bicyclic) bond motifs is 4. The molecule has 0 bridgehead atoms. The minimum Gasteiger partial charge on any atom is -0.508 e. The van der Waals surface area contributed by atoms with E-state index in [0.717, 1.165) is 16.7 Å². The molecule has 2 heterocycles. The number of hydrogen-bond donors (Lipinski definition) is 1. The van der Waals surface area contributed by atoms with Crippen LogP contribution in [0.25, 0.3) is 16.7 Å². The predicted molar refractivity (Wildman–Crippen MR) is 36.3 cm³/mol. The highest BCUT2D eigenvalue weighted by atomic mass is 16.3. The van der Waals surface area contributed by atoms with Gasteiger partial charge in [-0.3, -0.25) is 0 Å². The number of phenolic OH excluding ortho intramolecular Hbond substituents is 1. The van der Waals surface area contributed by atoms with E-state index in [0.29, 0.717) is 5.75 Å². The Morgan fingerprint density at radius 1 is 1.40 bits per heavy atom. The van der Waals surface area contributed by atoms with Crippen molar-refractivity contribution in [3.8, 4) is 11.6 Å². The Balaban J connectivity index is 2.55. The highest BCUT2D eigenvalue weighted by Crippen LogP contribution is 2.36. The van der Waals surface area contributed by atoms with Crippen LogP contribution in [0.5, 0.6) is 5.75 Å². The number of benzene rings is 1. The first-order valence-electron chi connectivity index (χ1n) is 3.08. The van der Waals surface area contributed by atoms with E-state index in [9.17, 15) is 0 Å². The first-order chi connectivity index (χ1) is 4.86. The molecule has 0 amide bonds. The fourth-order valence-corrected chi connectivity index (χ4v) is 1.24. The van der Waals surface area contributed by atoms with E-state index in [2.05, 4.69) is 5.10 Å². The van der Waals surface area contributed by atoms with Crippen LogP contribution >= 0.6 is 0 Å². The molecule has 1 aromatic rings. The first kappa shape index (κ1) is 4.33. The minimum atomic E-state index is 0.313. The first-order valence-corrected chi connectivity index (χ1v) is 3.08. The summed E-state index contributed by atoms with van der Waals surface area (Å²) >= 11 is 0. The van der Waals surface area contributed by atoms with E-state index in [-0.39, 0.29) is 0 Å². The fourth-order valence-electron chi connectivity index (χ4n) is 1.24. The minimum absolute atomic E-state index is 0.313. The molecule has 10 heavy (non-hydrogen) atoms. The predicted octanol–water partition coefficient (Wildman–Crippen LogP) is 1.04. The highest BCUT2D eigenvalue weighted by molar-refractivity contribution is 5.97. The average molecular weight is 132 g/mol. The van der Waals surface area contributed by atoms with Crippen LogP contribution < -0.4 is 0 Å². The fraction of sp³-hybridized carbons (Fsp3) is 0. The van der Waals surface area contributed by atoms with E-state index < -0.39 is 0 Å². The Hall–Kier alpha value is -1.51. The Labute approximate surface area is 56.5 Å². The van der Waals surface area contributed by atoms with Crippen molar-refractivity contribution in [3.63, 3.8) is 0 Å². The van der Waals surface area contributed by atoms with E-state index in [1.165, 1.54) is 0 Å². The standard InChI is InChI=1S/C7H4N2O/c10-4-1-2-6-5(3-4)7-8-9(6)7/h1-3,10H. The van der Waals surface area contributed by atoms with Crippen LogP contribution in [0.4, 0.5) is 0 Å². The number of aromatic nitrogens is 2. The van der Waals surface area contributed by atoms with Gasteiger partial charge in [0.05, 0.1) is 10.9 Å². The summed E-state index contributed by atoms with van der Waals surface area (Å²) in [4.78, 5) is 0. The van der Waals surface area contributed by atoms with Crippen molar-refractivity contribution < 1.29 is 5.11 Å². The van der Waals surface area contributed by atoms with Gasteiger partial charge >= 0.3 is 0 Å². The van der Waals surface area contributed by atoms with Crippen LogP contribution in [0.2, 0.25) is 0 Å². The highest BCUT2D eigenvalue weighted by Gasteiger charge is 2.25. The Morgan fingerprint density at radius 2 is 2.30 bits per heavy atom. The second-order valence-electron chi connectivity index (χ2n) is 2.44. The summed E-state index contributed by atoms with van der Waals surface area (Å²) in [5, 5.41) is 14.1. The van der Waals surface area contributed by atoms with Crippen molar-refractivity contribution >= 4 is 10.9 Å². The van der Waals surface area contributed by atoms with Crippen LogP contribution in [-0.4, -0.2) is 14.9 Å². The molecule has 0 fully saturated rings. The summed E-state index contributed by atoms with van der Waals surface area (Å²) in [5.41, 5.74) is 1.10. The smallest absolute Gasteiger partial charge is 0.184 e. The third-order valence-electron chi connectivity index (χ3n) is 1.81. The summed E-state index contributed by atoms with van der Waals surface area (Å²) < 4.78 is 1.86. The molecule has 0 saturated carbocycles. The average Bonchev–Trinajstić information content (AvgIpc) is 2.60. The van der Waals surface area contributed by atoms with Gasteiger partial charge in [0.2, 0.25) is 0 Å². The second kappa shape index (κ2) is 1.03. The van der Waals surface area contributed by atoms with Crippen LogP contribution in [0.15, 0.2) is 18.2 Å². The monoisotopic (exact) mass is 132 g/mol. The van der Waals surface area contributed by atoms with E-state index in [1.807, 2.05) is 10.7 Å². The third-order valence-corrected chi connectivity index (χ3v) is 1.81. The molecule has 3 rings (SSSR count). The lowest BCUT2D eigenvalue weighted by Gasteiger charge is -2.00. The summed E-state index contributed by atoms with van der Waals surface area (Å²) in [6.07, 6.45) is 0. The van der Waals surface area contributed by atoms with Crippen molar-refractivity contribution in [2.24, 2.45) is 0 Å². The second-order valence-corrected chi connectivity index (χ2v) is 2.44. The van der Waals surface area contributed by atoms with Gasteiger partial charge in [-0.25, -0.2) is 4.68 Å². The van der Waals surface area contributed by atoms with Gasteiger partial charge in [0.1, 0.15) is 5.75 Å². The van der Waals surface area contributed by atoms with Gasteiger partial charge < -0.3 is 5.11 Å². The maximum absolute atomic E-state index is 9.03. The van der Waals surface area contributed by atoms with Gasteiger partial charge in [0.25, 0.3) is 0 Å². The molecule has 0 aliphatic carbocycles. The molecule has 3 heteroatoms. The van der Waals surface area contributed by atoms with Gasteiger partial charge in [-0.15, -0.1) is 5.10 Å². The molecule has 2 aliphatic heterocycles. The molecule has 0 atom stereocenters. The van der Waals surface area contributed by atoms with Crippen LogP contribution in [0.1, 0.15) is 0 Å². The molecule has 3 nitrogen and oxygen atoms in total. The van der Waals surface area contributed by atoms with Gasteiger partial charge in [0.15, 0.2) is 5.82 Å². The summed E-state index contributed by atoms with van der Waals surface area (Å²) in [6, 6.07) is 5.27. The van der Waals surface area contributed by atoms with Crippen molar-refractivity contribution in [1.29, 1.82) is 0 Å². The molecule has 48 valence electrons. The van der Waals surface area contributed by atoms with E-state index >= 15 is 0 Å². The number of hydrogen-bond acceptors (Lipinski definition) is 2. The molecule has 0 radical (unpaired) electrons. The van der Waals surface area contributed by atoms with Crippen LogP contribution in [0, 0.1) is 0 Å². The van der Waals surface area contributed by atoms with Crippen molar-refractivity contribution in [3.05, 3.63) is 18.2 Å². The Morgan fingerprint density at radius 3 is 3.20 bits per heavy atom. The van der Waals surface area contributed by atoms with Gasteiger partial charge in [-0.2, -0.15) is 0 Å². The normalized spacial score (nSPS) is 12.4. The molecule has 2 aliphatic rings. The van der Waals surface area contributed by atoms with Gasteiger partial charge in [0, 0.05) is 0 Å². The van der Waals surface area contributed by atoms with Crippen molar-refractivity contribution in [2.75, 3.05) is 0 Å². The zero-order chi connectivity index (χ0) is 6.72.